The van der Waals surface area contributed by atoms with Crippen molar-refractivity contribution < 1.29 is 4.39 Å². The van der Waals surface area contributed by atoms with Crippen molar-refractivity contribution in [3.63, 3.8) is 0 Å². The van der Waals surface area contributed by atoms with Gasteiger partial charge in [-0.25, -0.2) is 9.37 Å². The molecule has 6 heteroatoms. The molecule has 0 spiro atoms. The van der Waals surface area contributed by atoms with Crippen molar-refractivity contribution in [3.05, 3.63) is 51.5 Å². The Balaban J connectivity index is 2.37. The molecule has 0 radical (unpaired) electrons. The summed E-state index contributed by atoms with van der Waals surface area (Å²) in [7, 11) is 0. The monoisotopic (exact) mass is 373 g/mol. The number of aromatic nitrogens is 1. The number of benzene rings is 1. The average molecular weight is 373 g/mol. The van der Waals surface area contributed by atoms with Crippen LogP contribution >= 0.6 is 34.8 Å². The molecule has 0 amide bonds. The highest BCUT2D eigenvalue weighted by Crippen LogP contribution is 2.24. The lowest BCUT2D eigenvalue weighted by molar-refractivity contribution is 0.627. The van der Waals surface area contributed by atoms with Crippen LogP contribution in [-0.4, -0.2) is 9.97 Å². The van der Waals surface area contributed by atoms with Gasteiger partial charge >= 0.3 is 0 Å². The van der Waals surface area contributed by atoms with Crippen molar-refractivity contribution in [1.29, 1.82) is 0 Å². The maximum absolute atomic E-state index is 13.0. The SMILES string of the molecule is NC(=S)c1cccnc1Nc1ccc(F)cc1I. The fourth-order valence-corrected chi connectivity index (χ4v) is 2.20. The molecule has 18 heavy (non-hydrogen) atoms. The minimum atomic E-state index is -0.277. The summed E-state index contributed by atoms with van der Waals surface area (Å²) in [6.07, 6.45) is 1.64. The van der Waals surface area contributed by atoms with Crippen molar-refractivity contribution in [2.45, 2.75) is 0 Å². The number of nitrogens with zero attached hydrogens (tertiary/aromatic N) is 1. The second kappa shape index (κ2) is 5.57. The quantitative estimate of drug-likeness (QED) is 0.641. The number of nitrogens with one attached hydrogen (secondary N) is 1. The van der Waals surface area contributed by atoms with E-state index in [9.17, 15) is 4.39 Å². The van der Waals surface area contributed by atoms with E-state index in [-0.39, 0.29) is 10.8 Å². The molecule has 0 atom stereocenters. The lowest BCUT2D eigenvalue weighted by Gasteiger charge is -2.11. The first kappa shape index (κ1) is 13.2. The van der Waals surface area contributed by atoms with Gasteiger partial charge in [-0.05, 0) is 52.9 Å². The van der Waals surface area contributed by atoms with Gasteiger partial charge in [-0.3, -0.25) is 0 Å². The lowest BCUT2D eigenvalue weighted by atomic mass is 10.2. The third-order valence-corrected chi connectivity index (χ3v) is 3.37. The minimum absolute atomic E-state index is 0.266. The summed E-state index contributed by atoms with van der Waals surface area (Å²) in [6, 6.07) is 8.01. The first-order chi connectivity index (χ1) is 8.58. The number of hydrogen-bond donors (Lipinski definition) is 2. The highest BCUT2D eigenvalue weighted by Gasteiger charge is 2.08. The van der Waals surface area contributed by atoms with Crippen LogP contribution in [0.25, 0.3) is 0 Å². The molecule has 0 fully saturated rings. The van der Waals surface area contributed by atoms with Crippen LogP contribution in [0, 0.1) is 9.39 Å². The maximum Gasteiger partial charge on any atom is 0.140 e. The van der Waals surface area contributed by atoms with Crippen LogP contribution in [-0.2, 0) is 0 Å². The van der Waals surface area contributed by atoms with Gasteiger partial charge in [0.2, 0.25) is 0 Å². The number of hydrogen-bond acceptors (Lipinski definition) is 3. The van der Waals surface area contributed by atoms with Gasteiger partial charge in [0, 0.05) is 9.77 Å². The average Bonchev–Trinajstić information content (AvgIpc) is 2.33. The number of nitrogens with two attached hydrogens (primary N) is 1. The first-order valence-electron chi connectivity index (χ1n) is 5.05. The Bertz CT molecular complexity index is 604. The normalized spacial score (nSPS) is 10.1. The van der Waals surface area contributed by atoms with Gasteiger partial charge in [0.25, 0.3) is 0 Å². The number of pyridine rings is 1. The number of rotatable bonds is 3. The molecular weight excluding hydrogens is 364 g/mol. The highest BCUT2D eigenvalue weighted by atomic mass is 127. The fourth-order valence-electron chi connectivity index (χ4n) is 1.42. The van der Waals surface area contributed by atoms with Crippen LogP contribution in [0.15, 0.2) is 36.5 Å². The number of anilines is 2. The molecule has 1 aromatic heterocycles. The Kier molecular flexibility index (Phi) is 4.07. The van der Waals surface area contributed by atoms with E-state index < -0.39 is 0 Å². The maximum atomic E-state index is 13.0. The van der Waals surface area contributed by atoms with Crippen molar-refractivity contribution in [2.75, 3.05) is 5.32 Å². The standard InChI is InChI=1S/C12H9FIN3S/c13-7-3-4-10(9(14)6-7)17-12-8(11(15)18)2-1-5-16-12/h1-6H,(H2,15,18)(H,16,17). The van der Waals surface area contributed by atoms with E-state index in [0.717, 1.165) is 9.26 Å². The van der Waals surface area contributed by atoms with E-state index in [4.69, 9.17) is 18.0 Å². The summed E-state index contributed by atoms with van der Waals surface area (Å²) in [5.41, 5.74) is 7.04. The van der Waals surface area contributed by atoms with Gasteiger partial charge in [0.05, 0.1) is 11.3 Å². The van der Waals surface area contributed by atoms with E-state index >= 15 is 0 Å². The number of halogens is 2. The molecule has 0 saturated carbocycles. The van der Waals surface area contributed by atoms with E-state index in [1.807, 2.05) is 22.6 Å². The number of thiocarbonyl (C=S) groups is 1. The topological polar surface area (TPSA) is 50.9 Å². The smallest absolute Gasteiger partial charge is 0.140 e. The zero-order valence-electron chi connectivity index (χ0n) is 9.15. The molecule has 0 unspecified atom stereocenters. The summed E-state index contributed by atoms with van der Waals surface area (Å²) in [6.45, 7) is 0. The largest absolute Gasteiger partial charge is 0.389 e. The third kappa shape index (κ3) is 2.94. The molecule has 0 saturated heterocycles. The van der Waals surface area contributed by atoms with Crippen molar-refractivity contribution in [1.82, 2.24) is 4.98 Å². The van der Waals surface area contributed by atoms with Crippen LogP contribution in [0.2, 0.25) is 0 Å². The predicted molar refractivity (Wildman–Crippen MR) is 82.5 cm³/mol. The lowest BCUT2D eigenvalue weighted by Crippen LogP contribution is -2.13. The highest BCUT2D eigenvalue weighted by molar-refractivity contribution is 14.1. The summed E-state index contributed by atoms with van der Waals surface area (Å²) < 4.78 is 13.8. The Labute approximate surface area is 123 Å². The summed E-state index contributed by atoms with van der Waals surface area (Å²) >= 11 is 7.00. The third-order valence-electron chi connectivity index (χ3n) is 2.26. The second-order valence-corrected chi connectivity index (χ2v) is 5.12. The Morgan fingerprint density at radius 3 is 2.83 bits per heavy atom. The molecule has 0 aliphatic rings. The molecule has 3 N–H and O–H groups in total. The molecule has 2 aromatic rings. The van der Waals surface area contributed by atoms with Gasteiger partial charge in [-0.2, -0.15) is 0 Å². The summed E-state index contributed by atoms with van der Waals surface area (Å²) in [4.78, 5) is 4.45. The minimum Gasteiger partial charge on any atom is -0.389 e. The fraction of sp³-hybridized carbons (Fsp3) is 0. The van der Waals surface area contributed by atoms with Gasteiger partial charge < -0.3 is 11.1 Å². The molecule has 1 aromatic carbocycles. The van der Waals surface area contributed by atoms with Crippen LogP contribution < -0.4 is 11.1 Å². The molecule has 3 nitrogen and oxygen atoms in total. The zero-order valence-corrected chi connectivity index (χ0v) is 12.1. The Hall–Kier alpha value is -1.28. The van der Waals surface area contributed by atoms with Crippen LogP contribution in [0.5, 0.6) is 0 Å². The zero-order chi connectivity index (χ0) is 13.1. The van der Waals surface area contributed by atoms with Crippen LogP contribution in [0.1, 0.15) is 5.56 Å². The van der Waals surface area contributed by atoms with Crippen molar-refractivity contribution in [3.8, 4) is 0 Å². The molecular formula is C12H9FIN3S. The van der Waals surface area contributed by atoms with Crippen molar-refractivity contribution in [2.24, 2.45) is 5.73 Å². The van der Waals surface area contributed by atoms with E-state index in [1.165, 1.54) is 12.1 Å². The van der Waals surface area contributed by atoms with E-state index in [2.05, 4.69) is 10.3 Å². The molecule has 0 bridgehead atoms. The van der Waals surface area contributed by atoms with Crippen molar-refractivity contribution >= 4 is 51.3 Å². The molecule has 2 rings (SSSR count). The van der Waals surface area contributed by atoms with Crippen LogP contribution in [0.3, 0.4) is 0 Å². The van der Waals surface area contributed by atoms with Gasteiger partial charge in [-0.15, -0.1) is 0 Å². The van der Waals surface area contributed by atoms with Gasteiger partial charge in [0.1, 0.15) is 16.6 Å². The molecule has 0 aliphatic heterocycles. The van der Waals surface area contributed by atoms with E-state index in [0.29, 0.717) is 11.4 Å². The predicted octanol–water partition coefficient (Wildman–Crippen LogP) is 3.20. The molecule has 92 valence electrons. The Morgan fingerprint density at radius 1 is 1.39 bits per heavy atom. The molecule has 0 aliphatic carbocycles. The van der Waals surface area contributed by atoms with E-state index in [1.54, 1.807) is 24.4 Å². The Morgan fingerprint density at radius 2 is 2.17 bits per heavy atom. The van der Waals surface area contributed by atoms with Gasteiger partial charge in [0.15, 0.2) is 0 Å². The summed E-state index contributed by atoms with van der Waals surface area (Å²) in [5.74, 6) is 0.287. The van der Waals surface area contributed by atoms with Gasteiger partial charge in [-0.1, -0.05) is 12.2 Å². The first-order valence-corrected chi connectivity index (χ1v) is 6.53. The van der Waals surface area contributed by atoms with Crippen LogP contribution in [0.4, 0.5) is 15.9 Å². The second-order valence-electron chi connectivity index (χ2n) is 3.51. The summed E-state index contributed by atoms with van der Waals surface area (Å²) in [5, 5.41) is 3.10. The molecule has 1 heterocycles.